The van der Waals surface area contributed by atoms with E-state index in [2.05, 4.69) is 10.3 Å². The Kier molecular flexibility index (Phi) is 3.91. The average Bonchev–Trinajstić information content (AvgIpc) is 3.15. The van der Waals surface area contributed by atoms with Gasteiger partial charge in [-0.25, -0.2) is 4.39 Å². The standard InChI is InChI=1S/C13H17FN2O2/c14-11-5-10(6-15-7-11)1-2-12(18)16-8-13(9-17)3-4-13/h5-7,17H,1-4,8-9H2,(H,16,18). The molecular weight excluding hydrogens is 235 g/mol. The van der Waals surface area contributed by atoms with E-state index in [0.717, 1.165) is 19.0 Å². The number of aryl methyl sites for hydroxylation is 1. The molecule has 1 aromatic rings. The Hall–Kier alpha value is -1.49. The minimum Gasteiger partial charge on any atom is -0.396 e. The molecule has 1 fully saturated rings. The molecule has 1 aliphatic carbocycles. The van der Waals surface area contributed by atoms with E-state index in [1.165, 1.54) is 6.07 Å². The summed E-state index contributed by atoms with van der Waals surface area (Å²) in [4.78, 5) is 15.3. The summed E-state index contributed by atoms with van der Waals surface area (Å²) in [5.41, 5.74) is 0.643. The summed E-state index contributed by atoms with van der Waals surface area (Å²) >= 11 is 0. The van der Waals surface area contributed by atoms with Crippen molar-refractivity contribution in [2.45, 2.75) is 25.7 Å². The van der Waals surface area contributed by atoms with E-state index in [1.54, 1.807) is 6.20 Å². The molecular formula is C13H17FN2O2. The van der Waals surface area contributed by atoms with Crippen molar-refractivity contribution in [3.05, 3.63) is 29.8 Å². The minimum absolute atomic E-state index is 0.0704. The highest BCUT2D eigenvalue weighted by molar-refractivity contribution is 5.76. The van der Waals surface area contributed by atoms with Gasteiger partial charge in [0.05, 0.1) is 12.8 Å². The minimum atomic E-state index is -0.384. The Morgan fingerprint density at radius 3 is 2.89 bits per heavy atom. The number of aliphatic hydroxyl groups excluding tert-OH is 1. The molecule has 2 rings (SSSR count). The first kappa shape index (κ1) is 13.0. The van der Waals surface area contributed by atoms with Crippen molar-refractivity contribution in [3.63, 3.8) is 0 Å². The normalized spacial score (nSPS) is 16.3. The first-order valence-corrected chi connectivity index (χ1v) is 6.11. The highest BCUT2D eigenvalue weighted by Gasteiger charge is 2.41. The lowest BCUT2D eigenvalue weighted by Crippen LogP contribution is -2.31. The highest BCUT2D eigenvalue weighted by Crippen LogP contribution is 2.44. The van der Waals surface area contributed by atoms with Crippen molar-refractivity contribution in [1.82, 2.24) is 10.3 Å². The van der Waals surface area contributed by atoms with Gasteiger partial charge in [-0.15, -0.1) is 0 Å². The van der Waals surface area contributed by atoms with Crippen LogP contribution in [-0.2, 0) is 11.2 Å². The van der Waals surface area contributed by atoms with Crippen LogP contribution in [0.3, 0.4) is 0 Å². The first-order valence-electron chi connectivity index (χ1n) is 6.11. The number of carbonyl (C=O) groups is 1. The maximum absolute atomic E-state index is 12.9. The summed E-state index contributed by atoms with van der Waals surface area (Å²) in [6.07, 6.45) is 5.43. The number of carbonyl (C=O) groups excluding carboxylic acids is 1. The largest absolute Gasteiger partial charge is 0.396 e. The zero-order chi connectivity index (χ0) is 13.0. The summed E-state index contributed by atoms with van der Waals surface area (Å²) in [6, 6.07) is 1.39. The number of aromatic nitrogens is 1. The molecule has 0 spiro atoms. The van der Waals surface area contributed by atoms with Crippen LogP contribution in [0, 0.1) is 11.2 Å². The molecule has 18 heavy (non-hydrogen) atoms. The Morgan fingerprint density at radius 2 is 2.28 bits per heavy atom. The predicted molar refractivity (Wildman–Crippen MR) is 64.3 cm³/mol. The topological polar surface area (TPSA) is 62.2 Å². The molecule has 0 unspecified atom stereocenters. The third-order valence-corrected chi connectivity index (χ3v) is 3.36. The lowest BCUT2D eigenvalue weighted by atomic mass is 10.1. The number of aliphatic hydroxyl groups is 1. The Balaban J connectivity index is 1.72. The highest BCUT2D eigenvalue weighted by atomic mass is 19.1. The summed E-state index contributed by atoms with van der Waals surface area (Å²) < 4.78 is 12.9. The Bertz CT molecular complexity index is 433. The van der Waals surface area contributed by atoms with Gasteiger partial charge in [-0.05, 0) is 30.9 Å². The maximum Gasteiger partial charge on any atom is 0.220 e. The second-order valence-electron chi connectivity index (χ2n) is 4.95. The van der Waals surface area contributed by atoms with Crippen molar-refractivity contribution in [2.75, 3.05) is 13.2 Å². The van der Waals surface area contributed by atoms with Gasteiger partial charge in [0.25, 0.3) is 0 Å². The molecule has 98 valence electrons. The quantitative estimate of drug-likeness (QED) is 0.795. The van der Waals surface area contributed by atoms with Gasteiger partial charge in [0.2, 0.25) is 5.91 Å². The zero-order valence-corrected chi connectivity index (χ0v) is 10.2. The number of pyridine rings is 1. The van der Waals surface area contributed by atoms with Gasteiger partial charge in [0, 0.05) is 24.6 Å². The Morgan fingerprint density at radius 1 is 1.50 bits per heavy atom. The molecule has 4 nitrogen and oxygen atoms in total. The van der Waals surface area contributed by atoms with Crippen LogP contribution in [0.2, 0.25) is 0 Å². The third-order valence-electron chi connectivity index (χ3n) is 3.36. The number of hydrogen-bond acceptors (Lipinski definition) is 3. The molecule has 0 bridgehead atoms. The van der Waals surface area contributed by atoms with Gasteiger partial charge < -0.3 is 10.4 Å². The molecule has 0 aliphatic heterocycles. The van der Waals surface area contributed by atoms with E-state index in [1.807, 2.05) is 0 Å². The maximum atomic E-state index is 12.9. The number of rotatable bonds is 6. The summed E-state index contributed by atoms with van der Waals surface area (Å²) in [6.45, 7) is 0.658. The van der Waals surface area contributed by atoms with E-state index >= 15 is 0 Å². The second-order valence-corrected chi connectivity index (χ2v) is 4.95. The molecule has 1 saturated carbocycles. The van der Waals surface area contributed by atoms with Crippen molar-refractivity contribution in [2.24, 2.45) is 5.41 Å². The van der Waals surface area contributed by atoms with Gasteiger partial charge in [0.15, 0.2) is 0 Å². The number of nitrogens with one attached hydrogen (secondary N) is 1. The van der Waals surface area contributed by atoms with Crippen LogP contribution >= 0.6 is 0 Å². The van der Waals surface area contributed by atoms with E-state index in [9.17, 15) is 9.18 Å². The van der Waals surface area contributed by atoms with Crippen molar-refractivity contribution in [3.8, 4) is 0 Å². The second kappa shape index (κ2) is 5.44. The van der Waals surface area contributed by atoms with E-state index < -0.39 is 0 Å². The van der Waals surface area contributed by atoms with E-state index in [4.69, 9.17) is 5.11 Å². The predicted octanol–water partition coefficient (Wildman–Crippen LogP) is 1.04. The number of amides is 1. The van der Waals surface area contributed by atoms with Crippen LogP contribution in [-0.4, -0.2) is 29.1 Å². The van der Waals surface area contributed by atoms with Crippen LogP contribution in [0.15, 0.2) is 18.5 Å². The number of halogens is 1. The first-order chi connectivity index (χ1) is 8.63. The lowest BCUT2D eigenvalue weighted by Gasteiger charge is -2.12. The SMILES string of the molecule is O=C(CCc1cncc(F)c1)NCC1(CO)CC1. The molecule has 1 heterocycles. The number of nitrogens with zero attached hydrogens (tertiary/aromatic N) is 1. The molecule has 0 radical (unpaired) electrons. The molecule has 5 heteroatoms. The smallest absolute Gasteiger partial charge is 0.220 e. The van der Waals surface area contributed by atoms with Crippen molar-refractivity contribution >= 4 is 5.91 Å². The van der Waals surface area contributed by atoms with Crippen LogP contribution in [0.1, 0.15) is 24.8 Å². The molecule has 0 aromatic carbocycles. The Labute approximate surface area is 105 Å². The van der Waals surface area contributed by atoms with E-state index in [0.29, 0.717) is 24.9 Å². The van der Waals surface area contributed by atoms with Crippen molar-refractivity contribution < 1.29 is 14.3 Å². The van der Waals surface area contributed by atoms with Crippen LogP contribution in [0.5, 0.6) is 0 Å². The molecule has 1 amide bonds. The van der Waals surface area contributed by atoms with Gasteiger partial charge in [-0.3, -0.25) is 9.78 Å². The molecule has 0 saturated heterocycles. The molecule has 1 aliphatic rings. The van der Waals surface area contributed by atoms with Gasteiger partial charge >= 0.3 is 0 Å². The van der Waals surface area contributed by atoms with Gasteiger partial charge in [-0.2, -0.15) is 0 Å². The van der Waals surface area contributed by atoms with E-state index in [-0.39, 0.29) is 23.7 Å². The monoisotopic (exact) mass is 252 g/mol. The summed E-state index contributed by atoms with van der Waals surface area (Å²) in [5.74, 6) is -0.455. The summed E-state index contributed by atoms with van der Waals surface area (Å²) in [5, 5.41) is 11.9. The summed E-state index contributed by atoms with van der Waals surface area (Å²) in [7, 11) is 0. The fourth-order valence-electron chi connectivity index (χ4n) is 1.79. The third kappa shape index (κ3) is 3.50. The van der Waals surface area contributed by atoms with Crippen molar-refractivity contribution in [1.29, 1.82) is 0 Å². The van der Waals surface area contributed by atoms with Gasteiger partial charge in [0.1, 0.15) is 5.82 Å². The van der Waals surface area contributed by atoms with Gasteiger partial charge in [-0.1, -0.05) is 0 Å². The van der Waals surface area contributed by atoms with Crippen LogP contribution in [0.4, 0.5) is 4.39 Å². The molecule has 2 N–H and O–H groups in total. The molecule has 0 atom stereocenters. The van der Waals surface area contributed by atoms with Crippen LogP contribution < -0.4 is 5.32 Å². The fraction of sp³-hybridized carbons (Fsp3) is 0.538. The molecule has 1 aromatic heterocycles. The van der Waals surface area contributed by atoms with Crippen LogP contribution in [0.25, 0.3) is 0 Å². The lowest BCUT2D eigenvalue weighted by molar-refractivity contribution is -0.121. The fourth-order valence-corrected chi connectivity index (χ4v) is 1.79. The zero-order valence-electron chi connectivity index (χ0n) is 10.2. The average molecular weight is 252 g/mol. The number of hydrogen-bond donors (Lipinski definition) is 2.